The molecule has 1 saturated heterocycles. The van der Waals surface area contributed by atoms with Gasteiger partial charge in [-0.15, -0.1) is 0 Å². The van der Waals surface area contributed by atoms with Gasteiger partial charge in [-0.25, -0.2) is 0 Å². The number of hydrogen-bond donors (Lipinski definition) is 0. The van der Waals surface area contributed by atoms with Crippen LogP contribution < -0.4 is 0 Å². The second kappa shape index (κ2) is 12.9. The Bertz CT molecular complexity index is 1030. The maximum absolute atomic E-state index is 9.02. The van der Waals surface area contributed by atoms with E-state index in [1.807, 2.05) is 91.0 Å². The minimum atomic E-state index is -0.646. The zero-order valence-electron chi connectivity index (χ0n) is 19.0. The Morgan fingerprint density at radius 3 is 1.85 bits per heavy atom. The average molecular weight is 460 g/mol. The van der Waals surface area contributed by atoms with Crippen molar-refractivity contribution in [3.63, 3.8) is 0 Å². The van der Waals surface area contributed by atoms with Gasteiger partial charge in [0.15, 0.2) is 0 Å². The van der Waals surface area contributed by atoms with Gasteiger partial charge in [0.1, 0.15) is 18.4 Å². The number of ether oxygens (including phenoxy) is 4. The topological polar surface area (TPSA) is 85.7 Å². The second-order valence-electron chi connectivity index (χ2n) is 8.17. The van der Waals surface area contributed by atoms with Crippen LogP contribution in [0.15, 0.2) is 96.1 Å². The third kappa shape index (κ3) is 7.15. The van der Waals surface area contributed by atoms with Crippen molar-refractivity contribution in [2.75, 3.05) is 6.61 Å². The number of azide groups is 1. The molecule has 4 atom stereocenters. The summed E-state index contributed by atoms with van der Waals surface area (Å²) in [5, 5.41) is 3.83. The van der Waals surface area contributed by atoms with Crippen molar-refractivity contribution in [2.45, 2.75) is 50.8 Å². The van der Waals surface area contributed by atoms with Crippen LogP contribution in [-0.4, -0.2) is 31.1 Å². The molecule has 3 aromatic carbocycles. The lowest BCUT2D eigenvalue weighted by Crippen LogP contribution is -2.52. The zero-order valence-corrected chi connectivity index (χ0v) is 19.0. The van der Waals surface area contributed by atoms with E-state index in [1.54, 1.807) is 0 Å². The van der Waals surface area contributed by atoms with Crippen LogP contribution in [0.25, 0.3) is 10.4 Å². The molecule has 3 aromatic rings. The highest BCUT2D eigenvalue weighted by Crippen LogP contribution is 2.28. The van der Waals surface area contributed by atoms with Crippen LogP contribution in [0.4, 0.5) is 0 Å². The van der Waals surface area contributed by atoms with Crippen molar-refractivity contribution in [3.8, 4) is 0 Å². The molecule has 1 aliphatic heterocycles. The molecule has 34 heavy (non-hydrogen) atoms. The van der Waals surface area contributed by atoms with E-state index in [-0.39, 0.29) is 18.8 Å². The molecule has 7 nitrogen and oxygen atoms in total. The number of benzene rings is 3. The molecule has 1 aliphatic rings. The van der Waals surface area contributed by atoms with Crippen molar-refractivity contribution in [2.24, 2.45) is 5.11 Å². The lowest BCUT2D eigenvalue weighted by atomic mass is 10.00. The highest BCUT2D eigenvalue weighted by Gasteiger charge is 2.40. The Balaban J connectivity index is 1.47. The Kier molecular flexibility index (Phi) is 9.08. The van der Waals surface area contributed by atoms with Crippen LogP contribution in [0.2, 0.25) is 0 Å². The fourth-order valence-electron chi connectivity index (χ4n) is 3.96. The number of hydrogen-bond acceptors (Lipinski definition) is 5. The van der Waals surface area contributed by atoms with E-state index < -0.39 is 12.3 Å². The first kappa shape index (κ1) is 24.0. The molecule has 1 heterocycles. The van der Waals surface area contributed by atoms with E-state index in [2.05, 4.69) is 10.0 Å². The van der Waals surface area contributed by atoms with Crippen molar-refractivity contribution < 1.29 is 18.9 Å². The van der Waals surface area contributed by atoms with Crippen LogP contribution in [0, 0.1) is 0 Å². The Hall–Kier alpha value is -3.19. The van der Waals surface area contributed by atoms with Gasteiger partial charge in [-0.3, -0.25) is 0 Å². The molecule has 0 spiro atoms. The lowest BCUT2D eigenvalue weighted by Gasteiger charge is -2.40. The first-order valence-electron chi connectivity index (χ1n) is 11.4. The fourth-order valence-corrected chi connectivity index (χ4v) is 3.96. The van der Waals surface area contributed by atoms with Crippen molar-refractivity contribution in [1.29, 1.82) is 0 Å². The van der Waals surface area contributed by atoms with Crippen molar-refractivity contribution in [1.82, 2.24) is 0 Å². The summed E-state index contributed by atoms with van der Waals surface area (Å²) in [6.45, 7) is 1.59. The maximum Gasteiger partial charge on any atom is 0.139 e. The predicted molar refractivity (Wildman–Crippen MR) is 129 cm³/mol. The van der Waals surface area contributed by atoms with Gasteiger partial charge in [-0.1, -0.05) is 96.1 Å². The monoisotopic (exact) mass is 459 g/mol. The largest absolute Gasteiger partial charge is 0.374 e. The van der Waals surface area contributed by atoms with E-state index in [4.69, 9.17) is 24.5 Å². The summed E-state index contributed by atoms with van der Waals surface area (Å²) in [7, 11) is 0. The maximum atomic E-state index is 9.02. The lowest BCUT2D eigenvalue weighted by molar-refractivity contribution is -0.219. The summed E-state index contributed by atoms with van der Waals surface area (Å²) >= 11 is 0. The van der Waals surface area contributed by atoms with Crippen LogP contribution in [0.3, 0.4) is 0 Å². The molecule has 0 N–H and O–H groups in total. The van der Waals surface area contributed by atoms with Crippen LogP contribution in [0.1, 0.15) is 23.1 Å². The Morgan fingerprint density at radius 1 is 0.765 bits per heavy atom. The minimum absolute atomic E-state index is 0.289. The van der Waals surface area contributed by atoms with Gasteiger partial charge in [0.05, 0.1) is 32.5 Å². The van der Waals surface area contributed by atoms with E-state index in [0.717, 1.165) is 16.7 Å². The molecule has 0 saturated carbocycles. The molecule has 176 valence electrons. The molecule has 0 amide bonds. The van der Waals surface area contributed by atoms with Gasteiger partial charge in [-0.05, 0) is 22.2 Å². The van der Waals surface area contributed by atoms with Crippen molar-refractivity contribution >= 4 is 0 Å². The highest BCUT2D eigenvalue weighted by atomic mass is 16.6. The standard InChI is InChI=1S/C27H29N3O4/c28-30-29-26-16-24(32-18-22-12-6-2-7-13-22)27(33-19-23-14-8-3-9-15-23)25(34-26)20-31-17-21-10-4-1-5-11-21/h1-15,24-27H,16-20H2/t24-,25-,26+,27-/m1/s1. The van der Waals surface area contributed by atoms with E-state index >= 15 is 0 Å². The van der Waals surface area contributed by atoms with Crippen LogP contribution in [0.5, 0.6) is 0 Å². The van der Waals surface area contributed by atoms with E-state index in [0.29, 0.717) is 26.2 Å². The Morgan fingerprint density at radius 2 is 1.29 bits per heavy atom. The van der Waals surface area contributed by atoms with Gasteiger partial charge >= 0.3 is 0 Å². The average Bonchev–Trinajstić information content (AvgIpc) is 2.89. The first-order chi connectivity index (χ1) is 16.8. The summed E-state index contributed by atoms with van der Waals surface area (Å²) in [5.41, 5.74) is 12.2. The molecule has 0 radical (unpaired) electrons. The van der Waals surface area contributed by atoms with Crippen LogP contribution >= 0.6 is 0 Å². The summed E-state index contributed by atoms with van der Waals surface area (Å²) in [4.78, 5) is 2.96. The molecule has 7 heteroatoms. The third-order valence-electron chi connectivity index (χ3n) is 5.66. The molecular formula is C27H29N3O4. The summed E-state index contributed by atoms with van der Waals surface area (Å²) in [6, 6.07) is 29.9. The van der Waals surface area contributed by atoms with E-state index in [1.165, 1.54) is 0 Å². The number of rotatable bonds is 11. The molecule has 0 aromatic heterocycles. The summed E-state index contributed by atoms with van der Waals surface area (Å²) in [5.74, 6) is 0. The quantitative estimate of drug-likeness (QED) is 0.206. The first-order valence-corrected chi connectivity index (χ1v) is 11.4. The normalized spacial score (nSPS) is 22.1. The molecule has 0 aliphatic carbocycles. The minimum Gasteiger partial charge on any atom is -0.374 e. The van der Waals surface area contributed by atoms with Gasteiger partial charge < -0.3 is 18.9 Å². The van der Waals surface area contributed by atoms with Crippen LogP contribution in [-0.2, 0) is 38.8 Å². The van der Waals surface area contributed by atoms with Gasteiger partial charge in [0, 0.05) is 11.3 Å². The Labute approximate surface area is 199 Å². The molecule has 0 unspecified atom stereocenters. The predicted octanol–water partition coefficient (Wildman–Crippen LogP) is 5.80. The van der Waals surface area contributed by atoms with Gasteiger partial charge in [-0.2, -0.15) is 0 Å². The van der Waals surface area contributed by atoms with E-state index in [9.17, 15) is 0 Å². The highest BCUT2D eigenvalue weighted by molar-refractivity contribution is 5.15. The smallest absolute Gasteiger partial charge is 0.139 e. The SMILES string of the molecule is [N-]=[N+]=N[C@@H]1C[C@@H](OCc2ccccc2)[C@@H](OCc2ccccc2)[C@@H](COCc2ccccc2)O1. The zero-order chi connectivity index (χ0) is 23.4. The van der Waals surface area contributed by atoms with Gasteiger partial charge in [0.2, 0.25) is 0 Å². The van der Waals surface area contributed by atoms with Crippen molar-refractivity contribution in [3.05, 3.63) is 118 Å². The summed E-state index contributed by atoms with van der Waals surface area (Å²) < 4.78 is 24.7. The second-order valence-corrected chi connectivity index (χ2v) is 8.17. The number of nitrogens with zero attached hydrogens (tertiary/aromatic N) is 3. The molecule has 4 rings (SSSR count). The molecule has 0 bridgehead atoms. The third-order valence-corrected chi connectivity index (χ3v) is 5.66. The molecular weight excluding hydrogens is 430 g/mol. The molecule has 1 fully saturated rings. The summed E-state index contributed by atoms with van der Waals surface area (Å²) in [6.07, 6.45) is -1.39. The van der Waals surface area contributed by atoms with Gasteiger partial charge in [0.25, 0.3) is 0 Å². The fraction of sp³-hybridized carbons (Fsp3) is 0.333.